The summed E-state index contributed by atoms with van der Waals surface area (Å²) in [6.45, 7) is 9.30. The maximum atomic E-state index is 10.5. The summed E-state index contributed by atoms with van der Waals surface area (Å²) >= 11 is 0. The van der Waals surface area contributed by atoms with Gasteiger partial charge in [-0.05, 0) is 49.4 Å². The molecule has 3 heteroatoms. The van der Waals surface area contributed by atoms with Crippen LogP contribution in [0, 0.1) is 5.92 Å². The molecular formula is C18H27NO2. The molecule has 0 aliphatic carbocycles. The molecule has 2 aliphatic heterocycles. The Kier molecular flexibility index (Phi) is 4.23. The van der Waals surface area contributed by atoms with Crippen molar-refractivity contribution >= 4 is 0 Å². The van der Waals surface area contributed by atoms with Gasteiger partial charge in [-0.3, -0.25) is 4.90 Å². The van der Waals surface area contributed by atoms with Gasteiger partial charge in [0, 0.05) is 5.56 Å². The van der Waals surface area contributed by atoms with Gasteiger partial charge >= 0.3 is 0 Å². The van der Waals surface area contributed by atoms with Gasteiger partial charge in [0.1, 0.15) is 18.5 Å². The minimum atomic E-state index is -0.423. The van der Waals surface area contributed by atoms with Gasteiger partial charge in [-0.25, -0.2) is 0 Å². The number of piperidine rings is 1. The molecule has 2 aliphatic rings. The molecular weight excluding hydrogens is 262 g/mol. The molecule has 1 N–H and O–H groups in total. The number of hydrogen-bond acceptors (Lipinski definition) is 3. The lowest BCUT2D eigenvalue weighted by atomic mass is 9.89. The minimum Gasteiger partial charge on any atom is -0.490 e. The highest BCUT2D eigenvalue weighted by molar-refractivity contribution is 5.42. The molecule has 1 saturated heterocycles. The van der Waals surface area contributed by atoms with E-state index in [1.54, 1.807) is 0 Å². The van der Waals surface area contributed by atoms with Crippen molar-refractivity contribution in [1.82, 2.24) is 4.90 Å². The molecule has 2 unspecified atom stereocenters. The van der Waals surface area contributed by atoms with Gasteiger partial charge in [0.2, 0.25) is 0 Å². The normalized spacial score (nSPS) is 27.5. The second kappa shape index (κ2) is 5.98. The van der Waals surface area contributed by atoms with Gasteiger partial charge in [0.25, 0.3) is 0 Å². The van der Waals surface area contributed by atoms with Crippen LogP contribution in [-0.2, 0) is 0 Å². The number of nitrogens with zero attached hydrogens (tertiary/aromatic N) is 1. The van der Waals surface area contributed by atoms with Crippen LogP contribution in [0.15, 0.2) is 18.2 Å². The standard InChI is InChI=1S/C18H27NO2/c1-12(2)14-4-5-17-15(10-14)18(16(20)11-21-17)19-8-6-13(3)7-9-19/h4-5,10,12-13,16,18,20H,6-9,11H2,1-3H3. The number of benzene rings is 1. The third-order valence-corrected chi connectivity index (χ3v) is 5.00. The van der Waals surface area contributed by atoms with Crippen LogP contribution in [0.3, 0.4) is 0 Å². The summed E-state index contributed by atoms with van der Waals surface area (Å²) in [6.07, 6.45) is 2.03. The molecule has 3 rings (SSSR count). The summed E-state index contributed by atoms with van der Waals surface area (Å²) < 4.78 is 5.74. The van der Waals surface area contributed by atoms with Crippen molar-refractivity contribution in [2.75, 3.05) is 19.7 Å². The Morgan fingerprint density at radius 3 is 2.62 bits per heavy atom. The van der Waals surface area contributed by atoms with E-state index >= 15 is 0 Å². The highest BCUT2D eigenvalue weighted by Gasteiger charge is 2.35. The monoisotopic (exact) mass is 289 g/mol. The lowest BCUT2D eigenvalue weighted by molar-refractivity contribution is -0.0115. The Hall–Kier alpha value is -1.06. The molecule has 1 fully saturated rings. The molecule has 116 valence electrons. The van der Waals surface area contributed by atoms with Crippen LogP contribution in [0.2, 0.25) is 0 Å². The van der Waals surface area contributed by atoms with Crippen molar-refractivity contribution < 1.29 is 9.84 Å². The van der Waals surface area contributed by atoms with E-state index in [4.69, 9.17) is 4.74 Å². The second-order valence-corrected chi connectivity index (χ2v) is 6.99. The molecule has 2 atom stereocenters. The van der Waals surface area contributed by atoms with Gasteiger partial charge in [-0.2, -0.15) is 0 Å². The zero-order valence-corrected chi connectivity index (χ0v) is 13.4. The van der Waals surface area contributed by atoms with Crippen molar-refractivity contribution in [1.29, 1.82) is 0 Å². The highest BCUT2D eigenvalue weighted by Crippen LogP contribution is 2.39. The number of hydrogen-bond donors (Lipinski definition) is 1. The van der Waals surface area contributed by atoms with Gasteiger partial charge in [0.15, 0.2) is 0 Å². The van der Waals surface area contributed by atoms with Crippen molar-refractivity contribution in [3.8, 4) is 5.75 Å². The Morgan fingerprint density at radius 1 is 1.24 bits per heavy atom. The largest absolute Gasteiger partial charge is 0.490 e. The number of aliphatic hydroxyl groups excluding tert-OH is 1. The molecule has 3 nitrogen and oxygen atoms in total. The molecule has 0 radical (unpaired) electrons. The van der Waals surface area contributed by atoms with Crippen LogP contribution in [0.25, 0.3) is 0 Å². The zero-order valence-electron chi connectivity index (χ0n) is 13.4. The smallest absolute Gasteiger partial charge is 0.124 e. The molecule has 0 amide bonds. The molecule has 21 heavy (non-hydrogen) atoms. The van der Waals surface area contributed by atoms with Crippen molar-refractivity contribution in [2.45, 2.75) is 51.7 Å². The van der Waals surface area contributed by atoms with E-state index in [0.29, 0.717) is 12.5 Å². The van der Waals surface area contributed by atoms with Crippen LogP contribution >= 0.6 is 0 Å². The van der Waals surface area contributed by atoms with Crippen LogP contribution in [-0.4, -0.2) is 35.8 Å². The topological polar surface area (TPSA) is 32.7 Å². The van der Waals surface area contributed by atoms with E-state index in [0.717, 1.165) is 24.8 Å². The summed E-state index contributed by atoms with van der Waals surface area (Å²) in [5.74, 6) is 2.25. The van der Waals surface area contributed by atoms with Crippen molar-refractivity contribution in [3.05, 3.63) is 29.3 Å². The first-order valence-electron chi connectivity index (χ1n) is 8.25. The van der Waals surface area contributed by atoms with E-state index in [2.05, 4.69) is 43.9 Å². The van der Waals surface area contributed by atoms with E-state index < -0.39 is 6.10 Å². The van der Waals surface area contributed by atoms with E-state index in [-0.39, 0.29) is 6.04 Å². The number of rotatable bonds is 2. The SMILES string of the molecule is CC1CCN(C2c3cc(C(C)C)ccc3OCC2O)CC1. The van der Waals surface area contributed by atoms with Crippen LogP contribution in [0.5, 0.6) is 5.75 Å². The Labute approximate surface area is 127 Å². The molecule has 1 aromatic rings. The number of fused-ring (bicyclic) bond motifs is 1. The maximum Gasteiger partial charge on any atom is 0.124 e. The first-order chi connectivity index (χ1) is 10.1. The van der Waals surface area contributed by atoms with Crippen LogP contribution in [0.4, 0.5) is 0 Å². The van der Waals surface area contributed by atoms with Crippen LogP contribution < -0.4 is 4.74 Å². The number of likely N-dealkylation sites (tertiary alicyclic amines) is 1. The molecule has 1 aromatic carbocycles. The van der Waals surface area contributed by atoms with Gasteiger partial charge in [-0.1, -0.05) is 32.9 Å². The van der Waals surface area contributed by atoms with Crippen molar-refractivity contribution in [2.24, 2.45) is 5.92 Å². The fraction of sp³-hybridized carbons (Fsp3) is 0.667. The Bertz CT molecular complexity index is 492. The van der Waals surface area contributed by atoms with E-state index in [1.165, 1.54) is 24.0 Å². The minimum absolute atomic E-state index is 0.0972. The van der Waals surface area contributed by atoms with Crippen molar-refractivity contribution in [3.63, 3.8) is 0 Å². The molecule has 0 bridgehead atoms. The number of aliphatic hydroxyl groups is 1. The zero-order chi connectivity index (χ0) is 15.0. The van der Waals surface area contributed by atoms with Gasteiger partial charge < -0.3 is 9.84 Å². The molecule has 0 spiro atoms. The summed E-state index contributed by atoms with van der Waals surface area (Å²) in [6, 6.07) is 6.57. The fourth-order valence-electron chi connectivity index (χ4n) is 3.51. The quantitative estimate of drug-likeness (QED) is 0.906. The Balaban J connectivity index is 1.92. The summed E-state index contributed by atoms with van der Waals surface area (Å²) in [7, 11) is 0. The van der Waals surface area contributed by atoms with Gasteiger partial charge in [0.05, 0.1) is 6.04 Å². The lowest BCUT2D eigenvalue weighted by Gasteiger charge is -2.42. The number of ether oxygens (including phenoxy) is 1. The van der Waals surface area contributed by atoms with E-state index in [1.807, 2.05) is 0 Å². The second-order valence-electron chi connectivity index (χ2n) is 6.99. The predicted molar refractivity (Wildman–Crippen MR) is 84.7 cm³/mol. The molecule has 0 aromatic heterocycles. The third kappa shape index (κ3) is 2.95. The fourth-order valence-corrected chi connectivity index (χ4v) is 3.51. The Morgan fingerprint density at radius 2 is 1.95 bits per heavy atom. The lowest BCUT2D eigenvalue weighted by Crippen LogP contribution is -2.45. The van der Waals surface area contributed by atoms with Gasteiger partial charge in [-0.15, -0.1) is 0 Å². The average molecular weight is 289 g/mol. The summed E-state index contributed by atoms with van der Waals surface area (Å²) in [5.41, 5.74) is 2.50. The average Bonchev–Trinajstić information content (AvgIpc) is 2.48. The molecule has 2 heterocycles. The maximum absolute atomic E-state index is 10.5. The first-order valence-corrected chi connectivity index (χ1v) is 8.25. The van der Waals surface area contributed by atoms with E-state index in [9.17, 15) is 5.11 Å². The first kappa shape index (κ1) is 14.9. The van der Waals surface area contributed by atoms with Crippen LogP contribution in [0.1, 0.15) is 56.7 Å². The summed E-state index contributed by atoms with van der Waals surface area (Å²) in [4.78, 5) is 2.45. The highest BCUT2D eigenvalue weighted by atomic mass is 16.5. The third-order valence-electron chi connectivity index (χ3n) is 5.00. The summed E-state index contributed by atoms with van der Waals surface area (Å²) in [5, 5.41) is 10.5. The predicted octanol–water partition coefficient (Wildman–Crippen LogP) is 3.34. The molecule has 0 saturated carbocycles.